The molecule has 3 nitrogen and oxygen atoms in total. The van der Waals surface area contributed by atoms with Crippen molar-refractivity contribution >= 4 is 32.7 Å². The van der Waals surface area contributed by atoms with Crippen molar-refractivity contribution in [1.82, 2.24) is 9.97 Å². The fourth-order valence-electron chi connectivity index (χ4n) is 1.31. The topological polar surface area (TPSA) is 42.9 Å². The lowest BCUT2D eigenvalue weighted by Gasteiger charge is -2.01. The van der Waals surface area contributed by atoms with Gasteiger partial charge in [-0.3, -0.25) is 4.79 Å². The highest BCUT2D eigenvalue weighted by Gasteiger charge is 2.10. The molecule has 1 aromatic heterocycles. The lowest BCUT2D eigenvalue weighted by Crippen LogP contribution is -2.03. The lowest BCUT2D eigenvalue weighted by molar-refractivity contribution is 0.102. The van der Waals surface area contributed by atoms with E-state index in [-0.39, 0.29) is 11.1 Å². The number of carbonyl (C=O) groups is 1. The summed E-state index contributed by atoms with van der Waals surface area (Å²) in [5, 5.41) is 0.185. The molecule has 0 N–H and O–H groups in total. The summed E-state index contributed by atoms with van der Waals surface area (Å²) in [6.07, 6.45) is 1.03. The second-order valence-corrected chi connectivity index (χ2v) is 3.48. The number of rotatable bonds is 2. The number of hydrogen-bond donors (Lipinski definition) is 0. The maximum Gasteiger partial charge on any atom is 0.231 e. The first kappa shape index (κ1) is 10.2. The van der Waals surface area contributed by atoms with E-state index in [1.54, 1.807) is 18.2 Å². The molecule has 0 unspecified atom stereocenters. The monoisotopic (exact) mass is 268 g/mol. The number of ketones is 1. The van der Waals surface area contributed by atoms with E-state index in [4.69, 9.17) is 0 Å². The minimum atomic E-state index is -0.683. The Bertz CT molecular complexity index is 530. The Hall–Kier alpha value is -1.36. The van der Waals surface area contributed by atoms with E-state index in [2.05, 4.69) is 25.9 Å². The quantitative estimate of drug-likeness (QED) is 0.620. The summed E-state index contributed by atoms with van der Waals surface area (Å²) in [4.78, 5) is 19.0. The predicted molar refractivity (Wildman–Crippen MR) is 57.6 cm³/mol. The summed E-state index contributed by atoms with van der Waals surface area (Å²) in [6, 6.07) is 5.00. The molecule has 0 amide bonds. The number of aromatic nitrogens is 2. The van der Waals surface area contributed by atoms with E-state index < -0.39 is 5.95 Å². The number of carbonyl (C=O) groups excluding carboxylic acids is 1. The van der Waals surface area contributed by atoms with Crippen LogP contribution in [0.3, 0.4) is 0 Å². The molecule has 0 aliphatic heterocycles. The summed E-state index contributed by atoms with van der Waals surface area (Å²) >= 11 is 3.06. The molecule has 15 heavy (non-hydrogen) atoms. The van der Waals surface area contributed by atoms with Gasteiger partial charge in [0.1, 0.15) is 5.52 Å². The van der Waals surface area contributed by atoms with Crippen LogP contribution in [0.4, 0.5) is 4.39 Å². The van der Waals surface area contributed by atoms with Gasteiger partial charge in [0.15, 0.2) is 5.78 Å². The molecule has 0 spiro atoms. The minimum absolute atomic E-state index is 0.138. The van der Waals surface area contributed by atoms with Crippen LogP contribution in [0.2, 0.25) is 0 Å². The summed E-state index contributed by atoms with van der Waals surface area (Å²) < 4.78 is 12.9. The Morgan fingerprint density at radius 2 is 2.27 bits per heavy atom. The number of nitrogens with zero attached hydrogens (tertiary/aromatic N) is 2. The average molecular weight is 269 g/mol. The van der Waals surface area contributed by atoms with Crippen LogP contribution in [-0.2, 0) is 0 Å². The first-order chi connectivity index (χ1) is 7.22. The fraction of sp³-hybridized carbons (Fsp3) is 0.100. The number of hydrogen-bond acceptors (Lipinski definition) is 3. The molecule has 0 aliphatic rings. The fourth-order valence-corrected chi connectivity index (χ4v) is 1.61. The third kappa shape index (κ3) is 1.87. The highest BCUT2D eigenvalue weighted by molar-refractivity contribution is 9.09. The van der Waals surface area contributed by atoms with Gasteiger partial charge >= 0.3 is 0 Å². The Labute approximate surface area is 93.5 Å². The van der Waals surface area contributed by atoms with Gasteiger partial charge in [-0.05, 0) is 12.1 Å². The van der Waals surface area contributed by atoms with Crippen LogP contribution in [0.1, 0.15) is 10.4 Å². The minimum Gasteiger partial charge on any atom is -0.293 e. The molecule has 0 atom stereocenters. The second kappa shape index (κ2) is 4.02. The molecule has 1 aromatic carbocycles. The van der Waals surface area contributed by atoms with E-state index in [9.17, 15) is 9.18 Å². The van der Waals surface area contributed by atoms with Crippen LogP contribution in [0.5, 0.6) is 0 Å². The van der Waals surface area contributed by atoms with Crippen LogP contribution in [-0.4, -0.2) is 21.1 Å². The first-order valence-corrected chi connectivity index (χ1v) is 5.35. The van der Waals surface area contributed by atoms with E-state index >= 15 is 0 Å². The van der Waals surface area contributed by atoms with Crippen molar-refractivity contribution in [1.29, 1.82) is 0 Å². The molecule has 1 heterocycles. The highest BCUT2D eigenvalue weighted by atomic mass is 79.9. The van der Waals surface area contributed by atoms with Gasteiger partial charge in [0, 0.05) is 5.56 Å². The zero-order chi connectivity index (χ0) is 10.8. The number of halogens is 2. The van der Waals surface area contributed by atoms with Crippen molar-refractivity contribution in [2.75, 3.05) is 5.33 Å². The van der Waals surface area contributed by atoms with Gasteiger partial charge < -0.3 is 0 Å². The van der Waals surface area contributed by atoms with Crippen LogP contribution in [0, 0.1) is 5.95 Å². The summed E-state index contributed by atoms with van der Waals surface area (Å²) in [5.74, 6) is -0.821. The molecule has 0 saturated carbocycles. The maximum atomic E-state index is 12.9. The molecular weight excluding hydrogens is 263 g/mol. The van der Waals surface area contributed by atoms with E-state index in [1.807, 2.05) is 0 Å². The third-order valence-electron chi connectivity index (χ3n) is 1.97. The summed E-state index contributed by atoms with van der Waals surface area (Å²) in [6.45, 7) is 0. The first-order valence-electron chi connectivity index (χ1n) is 4.23. The molecule has 2 rings (SSSR count). The Balaban J connectivity index is 2.74. The smallest absolute Gasteiger partial charge is 0.231 e. The lowest BCUT2D eigenvalue weighted by atomic mass is 10.1. The van der Waals surface area contributed by atoms with Crippen molar-refractivity contribution in [2.24, 2.45) is 0 Å². The molecule has 0 saturated heterocycles. The number of para-hydroxylation sites is 1. The van der Waals surface area contributed by atoms with E-state index in [0.29, 0.717) is 16.6 Å². The molecule has 2 aromatic rings. The average Bonchev–Trinajstić information content (AvgIpc) is 2.27. The zero-order valence-corrected chi connectivity index (χ0v) is 9.16. The van der Waals surface area contributed by atoms with Gasteiger partial charge in [-0.25, -0.2) is 9.97 Å². The normalized spacial score (nSPS) is 10.5. The van der Waals surface area contributed by atoms with Crippen molar-refractivity contribution < 1.29 is 9.18 Å². The van der Waals surface area contributed by atoms with Crippen LogP contribution >= 0.6 is 15.9 Å². The van der Waals surface area contributed by atoms with Gasteiger partial charge in [0.25, 0.3) is 0 Å². The number of benzene rings is 1. The Morgan fingerprint density at radius 1 is 1.47 bits per heavy atom. The van der Waals surface area contributed by atoms with Crippen molar-refractivity contribution in [2.45, 2.75) is 0 Å². The van der Waals surface area contributed by atoms with Gasteiger partial charge in [-0.2, -0.15) is 4.39 Å². The highest BCUT2D eigenvalue weighted by Crippen LogP contribution is 2.15. The van der Waals surface area contributed by atoms with E-state index in [0.717, 1.165) is 6.20 Å². The molecule has 0 fully saturated rings. The summed E-state index contributed by atoms with van der Waals surface area (Å²) in [7, 11) is 0. The Kier molecular flexibility index (Phi) is 2.73. The van der Waals surface area contributed by atoms with Crippen molar-refractivity contribution in [3.05, 3.63) is 35.9 Å². The SMILES string of the molecule is O=C(CBr)c1cccc2ncc(F)nc12. The van der Waals surface area contributed by atoms with Crippen LogP contribution < -0.4 is 0 Å². The van der Waals surface area contributed by atoms with Gasteiger partial charge in [-0.1, -0.05) is 22.0 Å². The molecule has 76 valence electrons. The third-order valence-corrected chi connectivity index (χ3v) is 2.47. The number of fused-ring (bicyclic) bond motifs is 1. The number of Topliss-reactive ketones (excluding diaryl/α,β-unsaturated/α-hetero) is 1. The maximum absolute atomic E-state index is 12.9. The van der Waals surface area contributed by atoms with Gasteiger partial charge in [0.05, 0.1) is 17.0 Å². The Morgan fingerprint density at radius 3 is 3.00 bits per heavy atom. The van der Waals surface area contributed by atoms with E-state index in [1.165, 1.54) is 0 Å². The largest absolute Gasteiger partial charge is 0.293 e. The van der Waals surface area contributed by atoms with Crippen molar-refractivity contribution in [3.63, 3.8) is 0 Å². The zero-order valence-electron chi connectivity index (χ0n) is 7.58. The van der Waals surface area contributed by atoms with Gasteiger partial charge in [-0.15, -0.1) is 0 Å². The molecule has 5 heteroatoms. The molecule has 0 aliphatic carbocycles. The number of alkyl halides is 1. The molecular formula is C10H6BrFN2O. The summed E-state index contributed by atoms with van der Waals surface area (Å²) in [5.41, 5.74) is 1.21. The van der Waals surface area contributed by atoms with Crippen LogP contribution in [0.15, 0.2) is 24.4 Å². The molecule has 0 radical (unpaired) electrons. The molecule has 0 bridgehead atoms. The van der Waals surface area contributed by atoms with Crippen molar-refractivity contribution in [3.8, 4) is 0 Å². The second-order valence-electron chi connectivity index (χ2n) is 2.92. The predicted octanol–water partition coefficient (Wildman–Crippen LogP) is 2.35. The van der Waals surface area contributed by atoms with Crippen LogP contribution in [0.25, 0.3) is 11.0 Å². The standard InChI is InChI=1S/C10H6BrFN2O/c11-4-8(15)6-2-1-3-7-10(6)14-9(12)5-13-7/h1-3,5H,4H2. The van der Waals surface area contributed by atoms with Gasteiger partial charge in [0.2, 0.25) is 5.95 Å².